The van der Waals surface area contributed by atoms with Crippen molar-refractivity contribution in [3.63, 3.8) is 0 Å². The van der Waals surface area contributed by atoms with Crippen LogP contribution in [0.5, 0.6) is 0 Å². The molecule has 0 saturated heterocycles. The first-order valence-corrected chi connectivity index (χ1v) is 8.12. The first kappa shape index (κ1) is 14.6. The molecule has 0 aliphatic rings. The Hall–Kier alpha value is -3.00. The molecule has 2 aromatic carbocycles. The molecule has 2 aromatic heterocycles. The summed E-state index contributed by atoms with van der Waals surface area (Å²) in [6, 6.07) is 21.5. The summed E-state index contributed by atoms with van der Waals surface area (Å²) in [4.78, 5) is 4.10. The van der Waals surface area contributed by atoms with Crippen LogP contribution in [0.1, 0.15) is 5.56 Å². The largest absolute Gasteiger partial charge is 0.265 e. The molecule has 0 N–H and O–H groups in total. The Bertz CT molecular complexity index is 1020. The number of nitrogens with zero attached hydrogens (tertiary/aromatic N) is 2. The Balaban J connectivity index is 1.91. The minimum Gasteiger partial charge on any atom is -0.265 e. The highest BCUT2D eigenvalue weighted by molar-refractivity contribution is 5.88. The number of fused-ring (bicyclic) bond motifs is 1. The molecule has 0 bridgehead atoms. The van der Waals surface area contributed by atoms with Crippen molar-refractivity contribution in [1.82, 2.24) is 4.98 Å². The highest BCUT2D eigenvalue weighted by Crippen LogP contribution is 2.27. The van der Waals surface area contributed by atoms with Crippen molar-refractivity contribution in [3.05, 3.63) is 84.8 Å². The Morgan fingerprint density at radius 2 is 1.58 bits per heavy atom. The first-order valence-electron chi connectivity index (χ1n) is 8.12. The summed E-state index contributed by atoms with van der Waals surface area (Å²) in [6.07, 6.45) is 5.87. The summed E-state index contributed by atoms with van der Waals surface area (Å²) in [5, 5.41) is 2.49. The molecule has 24 heavy (non-hydrogen) atoms. The third-order valence-electron chi connectivity index (χ3n) is 4.53. The molecule has 0 radical (unpaired) electrons. The number of aryl methyl sites for hydroxylation is 2. The second-order valence-corrected chi connectivity index (χ2v) is 6.16. The van der Waals surface area contributed by atoms with Crippen LogP contribution in [0.15, 0.2) is 79.3 Å². The van der Waals surface area contributed by atoms with Gasteiger partial charge in [0, 0.05) is 29.4 Å². The normalized spacial score (nSPS) is 10.9. The van der Waals surface area contributed by atoms with E-state index in [0.29, 0.717) is 0 Å². The lowest BCUT2D eigenvalue weighted by molar-refractivity contribution is -0.659. The maximum Gasteiger partial charge on any atom is 0.213 e. The van der Waals surface area contributed by atoms with Crippen LogP contribution >= 0.6 is 0 Å². The molecular weight excluding hydrogens is 292 g/mol. The average molecular weight is 311 g/mol. The third kappa shape index (κ3) is 2.56. The van der Waals surface area contributed by atoms with E-state index >= 15 is 0 Å². The van der Waals surface area contributed by atoms with Gasteiger partial charge in [-0.1, -0.05) is 24.3 Å². The molecule has 0 atom stereocenters. The average Bonchev–Trinajstić information content (AvgIpc) is 2.62. The van der Waals surface area contributed by atoms with Crippen molar-refractivity contribution in [1.29, 1.82) is 0 Å². The second-order valence-electron chi connectivity index (χ2n) is 6.16. The smallest absolute Gasteiger partial charge is 0.213 e. The fourth-order valence-corrected chi connectivity index (χ4v) is 3.20. The number of benzene rings is 2. The second kappa shape index (κ2) is 5.89. The maximum atomic E-state index is 4.10. The predicted molar refractivity (Wildman–Crippen MR) is 98.5 cm³/mol. The fourth-order valence-electron chi connectivity index (χ4n) is 3.20. The molecule has 0 spiro atoms. The highest BCUT2D eigenvalue weighted by atomic mass is 14.9. The molecule has 0 aliphatic heterocycles. The summed E-state index contributed by atoms with van der Waals surface area (Å²) in [5.74, 6) is 0. The van der Waals surface area contributed by atoms with Gasteiger partial charge >= 0.3 is 0 Å². The van der Waals surface area contributed by atoms with Gasteiger partial charge in [0.05, 0.1) is 0 Å². The molecule has 0 amide bonds. The Labute approximate surface area is 142 Å². The van der Waals surface area contributed by atoms with E-state index in [9.17, 15) is 0 Å². The van der Waals surface area contributed by atoms with E-state index in [4.69, 9.17) is 0 Å². The van der Waals surface area contributed by atoms with Gasteiger partial charge in [0.1, 0.15) is 7.05 Å². The quantitative estimate of drug-likeness (QED) is 0.490. The number of hydrogen-bond acceptors (Lipinski definition) is 1. The van der Waals surface area contributed by atoms with E-state index in [-0.39, 0.29) is 0 Å². The van der Waals surface area contributed by atoms with E-state index in [0.717, 1.165) is 0 Å². The zero-order valence-corrected chi connectivity index (χ0v) is 13.9. The summed E-state index contributed by atoms with van der Waals surface area (Å²) in [6.45, 7) is 2.16. The lowest BCUT2D eigenvalue weighted by Crippen LogP contribution is -2.30. The van der Waals surface area contributed by atoms with Crippen molar-refractivity contribution in [2.75, 3.05) is 0 Å². The van der Waals surface area contributed by atoms with Crippen molar-refractivity contribution in [2.45, 2.75) is 6.92 Å². The lowest BCUT2D eigenvalue weighted by Gasteiger charge is -2.07. The van der Waals surface area contributed by atoms with E-state index in [1.807, 2.05) is 24.5 Å². The fraction of sp³-hybridized carbons (Fsp3) is 0.0909. The SMILES string of the molecule is Cc1ccccc1-c1cc2cc(-c3ccncc3)ccc2c[n+]1C. The van der Waals surface area contributed by atoms with Gasteiger partial charge in [-0.15, -0.1) is 0 Å². The summed E-state index contributed by atoms with van der Waals surface area (Å²) >= 11 is 0. The van der Waals surface area contributed by atoms with Crippen LogP contribution in [-0.2, 0) is 7.05 Å². The lowest BCUT2D eigenvalue weighted by atomic mass is 10.00. The standard InChI is InChI=1S/C22H19N2/c1-16-5-3-4-6-21(16)22-14-20-13-18(17-9-11-23-12-10-17)7-8-19(20)15-24(22)2/h3-15H,1-2H3/q+1. The zero-order chi connectivity index (χ0) is 16.5. The van der Waals surface area contributed by atoms with Crippen LogP contribution < -0.4 is 4.57 Å². The molecule has 4 rings (SSSR count). The number of pyridine rings is 2. The van der Waals surface area contributed by atoms with Gasteiger partial charge in [-0.2, -0.15) is 0 Å². The van der Waals surface area contributed by atoms with Crippen molar-refractivity contribution >= 4 is 10.8 Å². The van der Waals surface area contributed by atoms with Crippen LogP contribution in [-0.4, -0.2) is 4.98 Å². The van der Waals surface area contributed by atoms with Gasteiger partial charge < -0.3 is 0 Å². The molecule has 116 valence electrons. The molecule has 2 heterocycles. The topological polar surface area (TPSA) is 16.8 Å². The van der Waals surface area contributed by atoms with Gasteiger partial charge in [-0.05, 0) is 59.3 Å². The van der Waals surface area contributed by atoms with E-state index in [1.165, 1.54) is 38.7 Å². The van der Waals surface area contributed by atoms with Crippen LogP contribution in [0.2, 0.25) is 0 Å². The Kier molecular flexibility index (Phi) is 3.58. The van der Waals surface area contributed by atoms with Gasteiger partial charge in [0.2, 0.25) is 5.69 Å². The van der Waals surface area contributed by atoms with Crippen LogP contribution in [0.3, 0.4) is 0 Å². The molecule has 2 nitrogen and oxygen atoms in total. The molecule has 0 aliphatic carbocycles. The zero-order valence-electron chi connectivity index (χ0n) is 13.9. The van der Waals surface area contributed by atoms with Crippen molar-refractivity contribution in [3.8, 4) is 22.4 Å². The molecule has 0 unspecified atom stereocenters. The first-order chi connectivity index (χ1) is 11.7. The number of aromatic nitrogens is 2. The molecule has 4 aromatic rings. The number of hydrogen-bond donors (Lipinski definition) is 0. The van der Waals surface area contributed by atoms with E-state index < -0.39 is 0 Å². The van der Waals surface area contributed by atoms with Crippen molar-refractivity contribution < 1.29 is 4.57 Å². The van der Waals surface area contributed by atoms with Gasteiger partial charge in [0.25, 0.3) is 0 Å². The van der Waals surface area contributed by atoms with Crippen LogP contribution in [0, 0.1) is 6.92 Å². The summed E-state index contributed by atoms with van der Waals surface area (Å²) in [7, 11) is 2.11. The Morgan fingerprint density at radius 3 is 2.38 bits per heavy atom. The summed E-state index contributed by atoms with van der Waals surface area (Å²) in [5.41, 5.74) is 6.20. The van der Waals surface area contributed by atoms with Crippen molar-refractivity contribution in [2.24, 2.45) is 7.05 Å². The van der Waals surface area contributed by atoms with Gasteiger partial charge in [0.15, 0.2) is 6.20 Å². The Morgan fingerprint density at radius 1 is 0.792 bits per heavy atom. The van der Waals surface area contributed by atoms with Gasteiger partial charge in [-0.3, -0.25) is 4.98 Å². The molecular formula is C22H19N2+. The molecule has 0 fully saturated rings. The van der Waals surface area contributed by atoms with Crippen LogP contribution in [0.25, 0.3) is 33.2 Å². The van der Waals surface area contributed by atoms with E-state index in [1.54, 1.807) is 0 Å². The summed E-state index contributed by atoms with van der Waals surface area (Å²) < 4.78 is 2.21. The molecule has 0 saturated carbocycles. The minimum absolute atomic E-state index is 1.19. The number of rotatable bonds is 2. The van der Waals surface area contributed by atoms with E-state index in [2.05, 4.69) is 78.3 Å². The predicted octanol–water partition coefficient (Wildman–Crippen LogP) is 4.70. The minimum atomic E-state index is 1.19. The highest BCUT2D eigenvalue weighted by Gasteiger charge is 2.14. The molecule has 2 heteroatoms. The monoisotopic (exact) mass is 311 g/mol. The third-order valence-corrected chi connectivity index (χ3v) is 4.53. The van der Waals surface area contributed by atoms with Gasteiger partial charge in [-0.25, -0.2) is 4.57 Å². The van der Waals surface area contributed by atoms with Crippen LogP contribution in [0.4, 0.5) is 0 Å². The maximum absolute atomic E-state index is 4.10.